The van der Waals surface area contributed by atoms with E-state index in [1.807, 2.05) is 0 Å². The number of nitrogens with zero attached hydrogens (tertiary/aromatic N) is 3. The number of imidazole rings is 1. The summed E-state index contributed by atoms with van der Waals surface area (Å²) in [5.41, 5.74) is -0.144. The van der Waals surface area contributed by atoms with Crippen molar-refractivity contribution in [3.63, 3.8) is 0 Å². The molecular formula is C16H18F3N3O. The van der Waals surface area contributed by atoms with Crippen molar-refractivity contribution in [3.8, 4) is 0 Å². The number of halogens is 3. The molecule has 0 amide bonds. The Kier molecular flexibility index (Phi) is 4.37. The van der Waals surface area contributed by atoms with Gasteiger partial charge in [0.1, 0.15) is 6.04 Å². The quantitative estimate of drug-likeness (QED) is 0.580. The van der Waals surface area contributed by atoms with Crippen molar-refractivity contribution >= 4 is 5.52 Å². The van der Waals surface area contributed by atoms with Gasteiger partial charge in [0.25, 0.3) is 0 Å². The minimum Gasteiger partial charge on any atom is -0.301 e. The SMILES string of the molecule is O=N[C@@H](c1cc(C(F)(F)F)cc2cncn12)C1CCCCCC1. The number of rotatable bonds is 3. The molecule has 0 bridgehead atoms. The van der Waals surface area contributed by atoms with E-state index < -0.39 is 17.8 Å². The smallest absolute Gasteiger partial charge is 0.301 e. The van der Waals surface area contributed by atoms with Crippen LogP contribution in [0.4, 0.5) is 13.2 Å². The van der Waals surface area contributed by atoms with Crippen LogP contribution in [0.2, 0.25) is 0 Å². The molecule has 1 saturated carbocycles. The van der Waals surface area contributed by atoms with E-state index in [4.69, 9.17) is 0 Å². The maximum absolute atomic E-state index is 13.1. The summed E-state index contributed by atoms with van der Waals surface area (Å²) in [7, 11) is 0. The third kappa shape index (κ3) is 3.23. The fourth-order valence-electron chi connectivity index (χ4n) is 3.46. The Labute approximate surface area is 131 Å². The van der Waals surface area contributed by atoms with E-state index >= 15 is 0 Å². The molecule has 0 aliphatic heterocycles. The zero-order valence-corrected chi connectivity index (χ0v) is 12.6. The van der Waals surface area contributed by atoms with Crippen molar-refractivity contribution in [1.29, 1.82) is 0 Å². The summed E-state index contributed by atoms with van der Waals surface area (Å²) < 4.78 is 41.0. The zero-order valence-electron chi connectivity index (χ0n) is 12.6. The number of hydrogen-bond donors (Lipinski definition) is 0. The number of nitroso groups, excluding NO2 is 1. The third-order valence-electron chi connectivity index (χ3n) is 4.64. The molecule has 2 heterocycles. The molecular weight excluding hydrogens is 307 g/mol. The van der Waals surface area contributed by atoms with Gasteiger partial charge in [-0.25, -0.2) is 4.98 Å². The first kappa shape index (κ1) is 16.0. The second-order valence-electron chi connectivity index (χ2n) is 6.16. The van der Waals surface area contributed by atoms with Crippen LogP contribution in [0.25, 0.3) is 5.52 Å². The molecule has 1 fully saturated rings. The fraction of sp³-hybridized carbons (Fsp3) is 0.562. The molecule has 124 valence electrons. The van der Waals surface area contributed by atoms with Gasteiger partial charge in [-0.3, -0.25) is 0 Å². The topological polar surface area (TPSA) is 46.7 Å². The number of hydrogen-bond acceptors (Lipinski definition) is 3. The molecule has 0 saturated heterocycles. The Bertz CT molecular complexity index is 687. The van der Waals surface area contributed by atoms with Crippen LogP contribution < -0.4 is 0 Å². The highest BCUT2D eigenvalue weighted by molar-refractivity contribution is 5.50. The van der Waals surface area contributed by atoms with Crippen LogP contribution in [-0.2, 0) is 6.18 Å². The van der Waals surface area contributed by atoms with E-state index in [1.54, 1.807) is 4.40 Å². The van der Waals surface area contributed by atoms with Crippen LogP contribution in [0, 0.1) is 10.8 Å². The molecule has 4 nitrogen and oxygen atoms in total. The molecule has 1 atom stereocenters. The molecule has 1 aliphatic rings. The van der Waals surface area contributed by atoms with E-state index in [-0.39, 0.29) is 11.6 Å². The van der Waals surface area contributed by atoms with E-state index in [1.165, 1.54) is 12.5 Å². The summed E-state index contributed by atoms with van der Waals surface area (Å²) in [4.78, 5) is 15.4. The van der Waals surface area contributed by atoms with Crippen LogP contribution >= 0.6 is 0 Å². The average molecular weight is 325 g/mol. The molecule has 0 spiro atoms. The summed E-state index contributed by atoms with van der Waals surface area (Å²) in [5.74, 6) is -0.0101. The third-order valence-corrected chi connectivity index (χ3v) is 4.64. The van der Waals surface area contributed by atoms with Gasteiger partial charge in [-0.05, 0) is 30.9 Å². The van der Waals surface area contributed by atoms with Crippen molar-refractivity contribution < 1.29 is 13.2 Å². The second-order valence-corrected chi connectivity index (χ2v) is 6.16. The lowest BCUT2D eigenvalue weighted by Crippen LogP contribution is -2.16. The molecule has 23 heavy (non-hydrogen) atoms. The lowest BCUT2D eigenvalue weighted by atomic mass is 9.89. The number of aromatic nitrogens is 2. The van der Waals surface area contributed by atoms with Gasteiger partial charge in [-0.1, -0.05) is 30.9 Å². The number of fused-ring (bicyclic) bond motifs is 1. The Balaban J connectivity index is 2.08. The minimum absolute atomic E-state index is 0.0101. The van der Waals surface area contributed by atoms with Crippen LogP contribution in [0.15, 0.2) is 29.8 Å². The highest BCUT2D eigenvalue weighted by Crippen LogP contribution is 2.39. The van der Waals surface area contributed by atoms with Gasteiger partial charge in [0, 0.05) is 0 Å². The number of alkyl halides is 3. The van der Waals surface area contributed by atoms with E-state index in [0.717, 1.165) is 50.7 Å². The molecule has 2 aromatic rings. The van der Waals surface area contributed by atoms with E-state index in [2.05, 4.69) is 10.2 Å². The van der Waals surface area contributed by atoms with Gasteiger partial charge in [0.2, 0.25) is 0 Å². The van der Waals surface area contributed by atoms with Crippen LogP contribution in [0.3, 0.4) is 0 Å². The van der Waals surface area contributed by atoms with Gasteiger partial charge in [0.05, 0.1) is 29.3 Å². The van der Waals surface area contributed by atoms with Gasteiger partial charge < -0.3 is 4.40 Å². The molecule has 0 N–H and O–H groups in total. The lowest BCUT2D eigenvalue weighted by molar-refractivity contribution is -0.137. The highest BCUT2D eigenvalue weighted by atomic mass is 19.4. The van der Waals surface area contributed by atoms with Crippen molar-refractivity contribution in [2.24, 2.45) is 11.1 Å². The molecule has 1 aliphatic carbocycles. The first-order chi connectivity index (χ1) is 11.0. The van der Waals surface area contributed by atoms with E-state index in [9.17, 15) is 18.1 Å². The predicted molar refractivity (Wildman–Crippen MR) is 79.9 cm³/mol. The summed E-state index contributed by atoms with van der Waals surface area (Å²) in [6.07, 6.45) is 4.18. The second kappa shape index (κ2) is 6.29. The van der Waals surface area contributed by atoms with Crippen LogP contribution in [-0.4, -0.2) is 9.38 Å². The summed E-state index contributed by atoms with van der Waals surface area (Å²) in [6, 6.07) is 1.32. The summed E-state index contributed by atoms with van der Waals surface area (Å²) >= 11 is 0. The molecule has 0 aromatic carbocycles. The zero-order chi connectivity index (χ0) is 16.4. The minimum atomic E-state index is -4.46. The standard InChI is InChI=1S/C16H18F3N3O/c17-16(18,19)12-7-13-9-20-10-22(13)14(8-12)15(21-23)11-5-3-1-2-4-6-11/h7-11,15H,1-6H2/t15-/m1/s1. The predicted octanol–water partition coefficient (Wildman–Crippen LogP) is 5.13. The maximum Gasteiger partial charge on any atom is 0.416 e. The van der Waals surface area contributed by atoms with Crippen molar-refractivity contribution in [2.45, 2.75) is 50.7 Å². The largest absolute Gasteiger partial charge is 0.416 e. The van der Waals surface area contributed by atoms with Crippen LogP contribution in [0.5, 0.6) is 0 Å². The molecule has 7 heteroatoms. The van der Waals surface area contributed by atoms with Gasteiger partial charge in [0.15, 0.2) is 0 Å². The average Bonchev–Trinajstić information content (AvgIpc) is 2.82. The first-order valence-corrected chi connectivity index (χ1v) is 7.86. The Morgan fingerprint density at radius 1 is 1.17 bits per heavy atom. The Morgan fingerprint density at radius 3 is 2.48 bits per heavy atom. The summed E-state index contributed by atoms with van der Waals surface area (Å²) in [6.45, 7) is 0. The normalized spacial score (nSPS) is 18.7. The molecule has 2 aromatic heterocycles. The summed E-state index contributed by atoms with van der Waals surface area (Å²) in [5, 5.41) is 3.21. The molecule has 0 unspecified atom stereocenters. The fourth-order valence-corrected chi connectivity index (χ4v) is 3.46. The Hall–Kier alpha value is -1.92. The van der Waals surface area contributed by atoms with Crippen LogP contribution in [0.1, 0.15) is 55.8 Å². The van der Waals surface area contributed by atoms with Crippen molar-refractivity contribution in [1.82, 2.24) is 9.38 Å². The number of pyridine rings is 1. The van der Waals surface area contributed by atoms with Gasteiger partial charge in [-0.2, -0.15) is 18.1 Å². The Morgan fingerprint density at radius 2 is 1.87 bits per heavy atom. The lowest BCUT2D eigenvalue weighted by Gasteiger charge is -2.22. The monoisotopic (exact) mass is 325 g/mol. The molecule has 3 rings (SSSR count). The van der Waals surface area contributed by atoms with Gasteiger partial charge in [-0.15, -0.1) is 0 Å². The van der Waals surface area contributed by atoms with Crippen molar-refractivity contribution in [3.05, 3.63) is 40.8 Å². The molecule has 0 radical (unpaired) electrons. The van der Waals surface area contributed by atoms with Gasteiger partial charge >= 0.3 is 6.18 Å². The maximum atomic E-state index is 13.1. The highest BCUT2D eigenvalue weighted by Gasteiger charge is 2.34. The first-order valence-electron chi connectivity index (χ1n) is 7.86. The van der Waals surface area contributed by atoms with E-state index in [0.29, 0.717) is 5.52 Å². The van der Waals surface area contributed by atoms with Crippen molar-refractivity contribution in [2.75, 3.05) is 0 Å².